The first kappa shape index (κ1) is 16.4. The Balaban J connectivity index is 2.67. The van der Waals surface area contributed by atoms with Gasteiger partial charge in [0.1, 0.15) is 17.6 Å². The number of aliphatic hydroxyl groups is 4. The van der Waals surface area contributed by atoms with Gasteiger partial charge in [-0.25, -0.2) is 0 Å². The van der Waals surface area contributed by atoms with Crippen molar-refractivity contribution in [3.05, 3.63) is 30.3 Å². The zero-order valence-electron chi connectivity index (χ0n) is 10.7. The summed E-state index contributed by atoms with van der Waals surface area (Å²) in [6.07, 6.45) is -2.89. The minimum atomic E-state index is -1.18. The highest BCUT2D eigenvalue weighted by Crippen LogP contribution is 2.27. The van der Waals surface area contributed by atoms with Gasteiger partial charge >= 0.3 is 0 Å². The van der Waals surface area contributed by atoms with Gasteiger partial charge in [-0.05, 0) is 19.1 Å². The third kappa shape index (κ3) is 5.48. The molecule has 0 aliphatic carbocycles. The highest BCUT2D eigenvalue weighted by Gasteiger charge is 2.26. The van der Waals surface area contributed by atoms with Crippen LogP contribution in [0.5, 0.6) is 0 Å². The van der Waals surface area contributed by atoms with Gasteiger partial charge in [0, 0.05) is 4.90 Å². The van der Waals surface area contributed by atoms with Crippen LogP contribution in [0, 0.1) is 0 Å². The average Bonchev–Trinajstić information content (AvgIpc) is 2.43. The molecule has 0 spiro atoms. The maximum Gasteiger partial charge on any atom is 0.133 e. The molecule has 0 saturated heterocycles. The first-order valence-electron chi connectivity index (χ1n) is 6.03. The number of aliphatic hydroxyl groups excluding tert-OH is 4. The second-order valence-corrected chi connectivity index (χ2v) is 5.32. The third-order valence-corrected chi connectivity index (χ3v) is 3.78. The van der Waals surface area contributed by atoms with Gasteiger partial charge in [0.25, 0.3) is 0 Å². The van der Waals surface area contributed by atoms with Crippen molar-refractivity contribution in [2.45, 2.75) is 35.6 Å². The van der Waals surface area contributed by atoms with Crippen LogP contribution in [0.4, 0.5) is 0 Å². The van der Waals surface area contributed by atoms with Crippen molar-refractivity contribution in [1.29, 1.82) is 0 Å². The minimum absolute atomic E-state index is 0.430. The van der Waals surface area contributed by atoms with E-state index in [1.807, 2.05) is 30.3 Å². The second-order valence-electron chi connectivity index (χ2n) is 4.15. The molecule has 4 N–H and O–H groups in total. The van der Waals surface area contributed by atoms with Crippen molar-refractivity contribution in [3.8, 4) is 0 Å². The number of benzene rings is 1. The summed E-state index contributed by atoms with van der Waals surface area (Å²) in [4.78, 5) is 0.906. The van der Waals surface area contributed by atoms with Gasteiger partial charge in [-0.2, -0.15) is 0 Å². The van der Waals surface area contributed by atoms with E-state index in [0.29, 0.717) is 0 Å². The Morgan fingerprint density at radius 2 is 1.74 bits per heavy atom. The maximum absolute atomic E-state index is 9.70. The zero-order chi connectivity index (χ0) is 14.3. The van der Waals surface area contributed by atoms with Gasteiger partial charge in [0.15, 0.2) is 0 Å². The normalized spacial score (nSPS) is 17.7. The molecule has 0 fully saturated rings. The number of hydrogen-bond acceptors (Lipinski definition) is 6. The van der Waals surface area contributed by atoms with E-state index >= 15 is 0 Å². The maximum atomic E-state index is 9.70. The van der Waals surface area contributed by atoms with E-state index in [1.165, 1.54) is 11.8 Å². The van der Waals surface area contributed by atoms with Crippen molar-refractivity contribution in [1.82, 2.24) is 0 Å². The lowest BCUT2D eigenvalue weighted by Crippen LogP contribution is -2.40. The predicted octanol–water partition coefficient (Wildman–Crippen LogP) is 0.216. The molecule has 0 aliphatic heterocycles. The number of ether oxygens (including phenoxy) is 1. The van der Waals surface area contributed by atoms with Gasteiger partial charge in [-0.3, -0.25) is 0 Å². The molecule has 0 radical (unpaired) electrons. The summed E-state index contributed by atoms with van der Waals surface area (Å²) in [6.45, 7) is 0.633. The molecule has 5 nitrogen and oxygen atoms in total. The molecule has 0 aliphatic rings. The van der Waals surface area contributed by atoms with E-state index in [1.54, 1.807) is 6.92 Å². The fourth-order valence-electron chi connectivity index (χ4n) is 1.42. The van der Waals surface area contributed by atoms with Gasteiger partial charge in [-0.1, -0.05) is 30.0 Å². The quantitative estimate of drug-likeness (QED) is 0.404. The molecular formula is C13H20O5S. The van der Waals surface area contributed by atoms with Crippen molar-refractivity contribution in [2.24, 2.45) is 0 Å². The zero-order valence-corrected chi connectivity index (χ0v) is 11.5. The topological polar surface area (TPSA) is 90.2 Å². The van der Waals surface area contributed by atoms with Crippen LogP contribution in [0.2, 0.25) is 0 Å². The van der Waals surface area contributed by atoms with Crippen molar-refractivity contribution in [3.63, 3.8) is 0 Å². The molecule has 0 aromatic heterocycles. The van der Waals surface area contributed by atoms with E-state index in [2.05, 4.69) is 0 Å². The SMILES string of the molecule is C[C@H](O)[C@@H](OC(CO)[C@H](O)CO)Sc1ccccc1. The summed E-state index contributed by atoms with van der Waals surface area (Å²) in [7, 11) is 0. The molecule has 0 amide bonds. The van der Waals surface area contributed by atoms with Gasteiger partial charge in [-0.15, -0.1) is 0 Å². The van der Waals surface area contributed by atoms with Crippen LogP contribution >= 0.6 is 11.8 Å². The van der Waals surface area contributed by atoms with Crippen LogP contribution in [0.1, 0.15) is 6.92 Å². The van der Waals surface area contributed by atoms with Crippen LogP contribution in [0.3, 0.4) is 0 Å². The molecule has 4 atom stereocenters. The fourth-order valence-corrected chi connectivity index (χ4v) is 2.40. The van der Waals surface area contributed by atoms with E-state index < -0.39 is 37.0 Å². The lowest BCUT2D eigenvalue weighted by Gasteiger charge is -2.27. The number of thioether (sulfide) groups is 1. The Labute approximate surface area is 116 Å². The smallest absolute Gasteiger partial charge is 0.133 e. The molecule has 6 heteroatoms. The van der Waals surface area contributed by atoms with Gasteiger partial charge < -0.3 is 25.2 Å². The fraction of sp³-hybridized carbons (Fsp3) is 0.538. The lowest BCUT2D eigenvalue weighted by molar-refractivity contribution is -0.108. The first-order chi connectivity index (χ1) is 9.08. The summed E-state index contributed by atoms with van der Waals surface area (Å²) < 4.78 is 5.47. The van der Waals surface area contributed by atoms with Crippen LogP contribution in [-0.4, -0.2) is 57.4 Å². The molecule has 1 rings (SSSR count). The van der Waals surface area contributed by atoms with Crippen molar-refractivity contribution >= 4 is 11.8 Å². The number of hydrogen-bond donors (Lipinski definition) is 4. The summed E-state index contributed by atoms with van der Waals surface area (Å²) in [6, 6.07) is 9.37. The van der Waals surface area contributed by atoms with Gasteiger partial charge in [0.2, 0.25) is 0 Å². The van der Waals surface area contributed by atoms with Crippen molar-refractivity contribution in [2.75, 3.05) is 13.2 Å². The standard InChI is InChI=1S/C13H20O5S/c1-9(16)13(18-12(8-15)11(17)7-14)19-10-5-3-2-4-6-10/h2-6,9,11-17H,7-8H2,1H3/t9-,11+,12?,13-/m0/s1. The Morgan fingerprint density at radius 3 is 2.21 bits per heavy atom. The molecule has 19 heavy (non-hydrogen) atoms. The molecule has 1 aromatic rings. The highest BCUT2D eigenvalue weighted by atomic mass is 32.2. The third-order valence-electron chi connectivity index (χ3n) is 2.49. The lowest BCUT2D eigenvalue weighted by atomic mass is 10.2. The average molecular weight is 288 g/mol. The van der Waals surface area contributed by atoms with Crippen molar-refractivity contribution < 1.29 is 25.2 Å². The van der Waals surface area contributed by atoms with Gasteiger partial charge in [0.05, 0.1) is 19.3 Å². The second kappa shape index (κ2) is 8.52. The van der Waals surface area contributed by atoms with E-state index in [-0.39, 0.29) is 0 Å². The highest BCUT2D eigenvalue weighted by molar-refractivity contribution is 7.99. The summed E-state index contributed by atoms with van der Waals surface area (Å²) in [5.41, 5.74) is -0.638. The first-order valence-corrected chi connectivity index (χ1v) is 6.91. The largest absolute Gasteiger partial charge is 0.394 e. The molecular weight excluding hydrogens is 268 g/mol. The summed E-state index contributed by atoms with van der Waals surface area (Å²) in [5.74, 6) is 0. The molecule has 0 saturated carbocycles. The molecule has 1 aromatic carbocycles. The summed E-state index contributed by atoms with van der Waals surface area (Å²) in [5, 5.41) is 37.2. The Morgan fingerprint density at radius 1 is 1.11 bits per heavy atom. The van der Waals surface area contributed by atoms with Crippen LogP contribution in [0.15, 0.2) is 35.2 Å². The number of rotatable bonds is 8. The predicted molar refractivity (Wildman–Crippen MR) is 72.8 cm³/mol. The van der Waals surface area contributed by atoms with Crippen LogP contribution in [0.25, 0.3) is 0 Å². The monoisotopic (exact) mass is 288 g/mol. The molecule has 108 valence electrons. The Hall–Kier alpha value is -0.630. The molecule has 0 bridgehead atoms. The summed E-state index contributed by atoms with van der Waals surface area (Å²) >= 11 is 1.29. The van der Waals surface area contributed by atoms with E-state index in [4.69, 9.17) is 14.9 Å². The van der Waals surface area contributed by atoms with E-state index in [0.717, 1.165) is 4.90 Å². The van der Waals surface area contributed by atoms with E-state index in [9.17, 15) is 10.2 Å². The minimum Gasteiger partial charge on any atom is -0.394 e. The van der Waals surface area contributed by atoms with Crippen LogP contribution < -0.4 is 0 Å². The Bertz CT molecular complexity index is 346. The molecule has 1 unspecified atom stereocenters. The molecule has 0 heterocycles. The Kier molecular flexibility index (Phi) is 7.37. The van der Waals surface area contributed by atoms with Crippen LogP contribution in [-0.2, 0) is 4.74 Å².